The molecule has 0 N–H and O–H groups in total. The molecule has 0 fully saturated rings. The molecule has 1 aromatic carbocycles. The van der Waals surface area contributed by atoms with Gasteiger partial charge in [0.15, 0.2) is 0 Å². The van der Waals surface area contributed by atoms with Gasteiger partial charge in [-0.15, -0.1) is 0 Å². The molecule has 1 heterocycles. The first-order valence-electron chi connectivity index (χ1n) is 11.0. The molecule has 3 nitrogen and oxygen atoms in total. The highest BCUT2D eigenvalue weighted by molar-refractivity contribution is 5.82. The first-order valence-corrected chi connectivity index (χ1v) is 11.0. The Morgan fingerprint density at radius 3 is 1.93 bits per heavy atom. The molecule has 1 aromatic heterocycles. The molecule has 2 aromatic rings. The average molecular weight is 369 g/mol. The number of benzene rings is 1. The Morgan fingerprint density at radius 2 is 1.30 bits per heavy atom. The smallest absolute Gasteiger partial charge is 0.137 e. The highest BCUT2D eigenvalue weighted by atomic mass is 16.1. The molecule has 2 rings (SSSR count). The summed E-state index contributed by atoms with van der Waals surface area (Å²) in [5.74, 6) is 0.338. The Bertz CT molecular complexity index is 668. The SMILES string of the molecule is CCCCCCCCCCCCCCC(=O)Cc1ccc2nccnc2c1. The van der Waals surface area contributed by atoms with Gasteiger partial charge < -0.3 is 0 Å². The van der Waals surface area contributed by atoms with Gasteiger partial charge in [0.05, 0.1) is 11.0 Å². The van der Waals surface area contributed by atoms with Crippen LogP contribution >= 0.6 is 0 Å². The van der Waals surface area contributed by atoms with Gasteiger partial charge in [0.2, 0.25) is 0 Å². The van der Waals surface area contributed by atoms with E-state index < -0.39 is 0 Å². The summed E-state index contributed by atoms with van der Waals surface area (Å²) in [6.07, 6.45) is 20.5. The van der Waals surface area contributed by atoms with Gasteiger partial charge in [0.25, 0.3) is 0 Å². The Balaban J connectivity index is 1.47. The maximum atomic E-state index is 12.2. The molecule has 0 amide bonds. The van der Waals surface area contributed by atoms with E-state index in [0.29, 0.717) is 18.6 Å². The van der Waals surface area contributed by atoms with Crippen LogP contribution in [0.3, 0.4) is 0 Å². The average Bonchev–Trinajstić information content (AvgIpc) is 2.68. The van der Waals surface area contributed by atoms with Crippen LogP contribution < -0.4 is 0 Å². The number of carbonyl (C=O) groups excluding carboxylic acids is 1. The highest BCUT2D eigenvalue weighted by Gasteiger charge is 2.05. The van der Waals surface area contributed by atoms with Crippen LogP contribution in [0.1, 0.15) is 96.0 Å². The number of hydrogen-bond donors (Lipinski definition) is 0. The van der Waals surface area contributed by atoms with E-state index in [1.54, 1.807) is 12.4 Å². The van der Waals surface area contributed by atoms with Crippen molar-refractivity contribution >= 4 is 16.8 Å². The van der Waals surface area contributed by atoms with Crippen molar-refractivity contribution in [1.82, 2.24) is 9.97 Å². The highest BCUT2D eigenvalue weighted by Crippen LogP contribution is 2.15. The largest absolute Gasteiger partial charge is 0.299 e. The van der Waals surface area contributed by atoms with Crippen molar-refractivity contribution < 1.29 is 4.79 Å². The molecule has 27 heavy (non-hydrogen) atoms. The summed E-state index contributed by atoms with van der Waals surface area (Å²) in [4.78, 5) is 20.8. The molecule has 148 valence electrons. The molecular formula is C24H36N2O. The zero-order valence-electron chi connectivity index (χ0n) is 17.1. The van der Waals surface area contributed by atoms with Crippen LogP contribution in [0.2, 0.25) is 0 Å². The number of fused-ring (bicyclic) bond motifs is 1. The summed E-state index contributed by atoms with van der Waals surface area (Å²) in [6, 6.07) is 5.94. The van der Waals surface area contributed by atoms with E-state index in [4.69, 9.17) is 0 Å². The quantitative estimate of drug-likeness (QED) is 0.323. The minimum absolute atomic E-state index is 0.338. The normalized spacial score (nSPS) is 11.1. The molecule has 0 saturated carbocycles. The summed E-state index contributed by atoms with van der Waals surface area (Å²) in [6.45, 7) is 2.27. The van der Waals surface area contributed by atoms with E-state index >= 15 is 0 Å². The minimum atomic E-state index is 0.338. The standard InChI is InChI=1S/C24H36N2O/c1-2-3-4-5-6-7-8-9-10-11-12-13-14-22(27)19-21-15-16-23-24(20-21)26-18-17-25-23/h15-18,20H,2-14,19H2,1H3. The Kier molecular flexibility index (Phi) is 10.7. The molecule has 3 heteroatoms. The monoisotopic (exact) mass is 368 g/mol. The predicted molar refractivity (Wildman–Crippen MR) is 114 cm³/mol. The van der Waals surface area contributed by atoms with E-state index in [-0.39, 0.29) is 0 Å². The molecule has 0 aliphatic carbocycles. The lowest BCUT2D eigenvalue weighted by Crippen LogP contribution is -2.02. The third kappa shape index (κ3) is 9.12. The minimum Gasteiger partial charge on any atom is -0.299 e. The second-order valence-corrected chi connectivity index (χ2v) is 7.73. The fourth-order valence-corrected chi connectivity index (χ4v) is 3.60. The Hall–Kier alpha value is -1.77. The fourth-order valence-electron chi connectivity index (χ4n) is 3.60. The molecule has 0 bridgehead atoms. The zero-order valence-corrected chi connectivity index (χ0v) is 17.1. The third-order valence-corrected chi connectivity index (χ3v) is 5.24. The van der Waals surface area contributed by atoms with Crippen molar-refractivity contribution in [1.29, 1.82) is 0 Å². The van der Waals surface area contributed by atoms with Crippen LogP contribution in [0.25, 0.3) is 11.0 Å². The Morgan fingerprint density at radius 1 is 0.741 bits per heavy atom. The van der Waals surface area contributed by atoms with Gasteiger partial charge in [-0.05, 0) is 24.1 Å². The molecular weight excluding hydrogens is 332 g/mol. The maximum Gasteiger partial charge on any atom is 0.137 e. The van der Waals surface area contributed by atoms with E-state index in [1.807, 2.05) is 18.2 Å². The van der Waals surface area contributed by atoms with Crippen molar-refractivity contribution in [3.63, 3.8) is 0 Å². The number of rotatable bonds is 15. The van der Waals surface area contributed by atoms with E-state index in [1.165, 1.54) is 70.6 Å². The van der Waals surface area contributed by atoms with Crippen LogP contribution in [0, 0.1) is 0 Å². The number of nitrogens with zero attached hydrogens (tertiary/aromatic N) is 2. The number of carbonyl (C=O) groups is 1. The van der Waals surface area contributed by atoms with Crippen molar-refractivity contribution in [2.75, 3.05) is 0 Å². The van der Waals surface area contributed by atoms with E-state index in [2.05, 4.69) is 16.9 Å². The predicted octanol–water partition coefficient (Wildman–Crippen LogP) is 6.83. The molecule has 0 aliphatic rings. The lowest BCUT2D eigenvalue weighted by Gasteiger charge is -2.04. The molecule has 0 unspecified atom stereocenters. The fraction of sp³-hybridized carbons (Fsp3) is 0.625. The number of unbranched alkanes of at least 4 members (excludes halogenated alkanes) is 11. The van der Waals surface area contributed by atoms with Gasteiger partial charge in [-0.25, -0.2) is 0 Å². The summed E-state index contributed by atoms with van der Waals surface area (Å²) < 4.78 is 0. The van der Waals surface area contributed by atoms with Crippen LogP contribution in [0.15, 0.2) is 30.6 Å². The van der Waals surface area contributed by atoms with E-state index in [0.717, 1.165) is 23.0 Å². The van der Waals surface area contributed by atoms with Gasteiger partial charge in [-0.2, -0.15) is 0 Å². The summed E-state index contributed by atoms with van der Waals surface area (Å²) in [7, 11) is 0. The first kappa shape index (κ1) is 21.5. The van der Waals surface area contributed by atoms with Crippen LogP contribution in [0.5, 0.6) is 0 Å². The Labute approximate surface area is 165 Å². The van der Waals surface area contributed by atoms with Crippen LogP contribution in [-0.2, 0) is 11.2 Å². The second-order valence-electron chi connectivity index (χ2n) is 7.73. The summed E-state index contributed by atoms with van der Waals surface area (Å²) in [5.41, 5.74) is 2.80. The summed E-state index contributed by atoms with van der Waals surface area (Å²) in [5, 5.41) is 0. The van der Waals surface area contributed by atoms with Crippen molar-refractivity contribution in [3.8, 4) is 0 Å². The number of Topliss-reactive ketones (excluding diaryl/α,β-unsaturated/α-hetero) is 1. The first-order chi connectivity index (χ1) is 13.3. The zero-order chi connectivity index (χ0) is 19.2. The van der Waals surface area contributed by atoms with Gasteiger partial charge in [-0.1, -0.05) is 83.6 Å². The number of ketones is 1. The molecule has 0 spiro atoms. The molecule has 0 atom stereocenters. The molecule has 0 radical (unpaired) electrons. The van der Waals surface area contributed by atoms with Gasteiger partial charge in [0, 0.05) is 25.2 Å². The van der Waals surface area contributed by atoms with Crippen molar-refractivity contribution in [2.45, 2.75) is 96.8 Å². The lowest BCUT2D eigenvalue weighted by molar-refractivity contribution is -0.118. The van der Waals surface area contributed by atoms with Gasteiger partial charge in [-0.3, -0.25) is 14.8 Å². The molecule has 0 saturated heterocycles. The third-order valence-electron chi connectivity index (χ3n) is 5.24. The van der Waals surface area contributed by atoms with E-state index in [9.17, 15) is 4.79 Å². The van der Waals surface area contributed by atoms with Crippen LogP contribution in [0.4, 0.5) is 0 Å². The van der Waals surface area contributed by atoms with Gasteiger partial charge in [0.1, 0.15) is 5.78 Å². The molecule has 0 aliphatic heterocycles. The summed E-state index contributed by atoms with van der Waals surface area (Å²) >= 11 is 0. The van der Waals surface area contributed by atoms with Crippen molar-refractivity contribution in [2.24, 2.45) is 0 Å². The number of hydrogen-bond acceptors (Lipinski definition) is 3. The second kappa shape index (κ2) is 13.4. The van der Waals surface area contributed by atoms with Gasteiger partial charge >= 0.3 is 0 Å². The maximum absolute atomic E-state index is 12.2. The lowest BCUT2D eigenvalue weighted by atomic mass is 10.0. The number of aromatic nitrogens is 2. The van der Waals surface area contributed by atoms with Crippen molar-refractivity contribution in [3.05, 3.63) is 36.2 Å². The topological polar surface area (TPSA) is 42.9 Å². The van der Waals surface area contributed by atoms with Crippen LogP contribution in [-0.4, -0.2) is 15.8 Å².